The van der Waals surface area contributed by atoms with Gasteiger partial charge in [0.15, 0.2) is 11.6 Å². The summed E-state index contributed by atoms with van der Waals surface area (Å²) in [7, 11) is 0. The summed E-state index contributed by atoms with van der Waals surface area (Å²) in [6.45, 7) is 13.4. The fourth-order valence-electron chi connectivity index (χ4n) is 5.89. The minimum atomic E-state index is -0.133. The molecule has 0 heterocycles. The normalized spacial score (nSPS) is 16.1. The van der Waals surface area contributed by atoms with E-state index in [1.165, 1.54) is 13.3 Å². The first-order valence-electron chi connectivity index (χ1n) is 14.4. The number of ketones is 4. The summed E-state index contributed by atoms with van der Waals surface area (Å²) in [5.74, 6) is 0.386. The number of Topliss-reactive ketones (excluding diaryl/α,β-unsaturated/α-hetero) is 4. The molecule has 0 spiro atoms. The Morgan fingerprint density at radius 1 is 0.921 bits per heavy atom. The molecule has 0 bridgehead atoms. The van der Waals surface area contributed by atoms with E-state index in [0.29, 0.717) is 12.0 Å². The Morgan fingerprint density at radius 3 is 2.08 bits per heavy atom. The maximum absolute atomic E-state index is 13.3. The van der Waals surface area contributed by atoms with Crippen molar-refractivity contribution in [3.63, 3.8) is 0 Å². The molecule has 2 aromatic carbocycles. The van der Waals surface area contributed by atoms with Gasteiger partial charge in [-0.25, -0.2) is 0 Å². The van der Waals surface area contributed by atoms with E-state index in [1.54, 1.807) is 6.92 Å². The van der Waals surface area contributed by atoms with Gasteiger partial charge in [0.1, 0.15) is 11.6 Å². The van der Waals surface area contributed by atoms with Gasteiger partial charge < -0.3 is 0 Å². The third kappa shape index (κ3) is 8.06. The molecule has 3 atom stereocenters. The molecule has 4 heteroatoms. The molecule has 0 saturated heterocycles. The fraction of sp³-hybridized carbons (Fsp3) is 0.529. The lowest BCUT2D eigenvalue weighted by Crippen LogP contribution is -2.30. The van der Waals surface area contributed by atoms with Gasteiger partial charge in [0.25, 0.3) is 0 Å². The zero-order valence-corrected chi connectivity index (χ0v) is 24.5. The van der Waals surface area contributed by atoms with Crippen LogP contribution in [-0.2, 0) is 16.0 Å². The van der Waals surface area contributed by atoms with Gasteiger partial charge in [-0.3, -0.25) is 19.2 Å². The Hall–Kier alpha value is -2.88. The van der Waals surface area contributed by atoms with Crippen LogP contribution in [0.15, 0.2) is 36.4 Å². The lowest BCUT2D eigenvalue weighted by Gasteiger charge is -2.32. The van der Waals surface area contributed by atoms with Crippen LogP contribution in [0.3, 0.4) is 0 Å². The highest BCUT2D eigenvalue weighted by atomic mass is 16.1. The topological polar surface area (TPSA) is 68.3 Å². The monoisotopic (exact) mass is 518 g/mol. The molecule has 0 saturated carbocycles. The number of carbonyl (C=O) groups excluding carboxylic acids is 4. The predicted molar refractivity (Wildman–Crippen MR) is 156 cm³/mol. The second-order valence-electron chi connectivity index (χ2n) is 11.0. The maximum Gasteiger partial charge on any atom is 0.163 e. The molecular formula is C34H46O4. The SMILES string of the molecule is CCC.CCCC(CC1CC(=O)c2c(C)ccc(-c3ccc(C(C)=O)cc3)c2C1)C(CC)C(=O)CC(C)=O. The highest BCUT2D eigenvalue weighted by Crippen LogP contribution is 2.40. The Balaban J connectivity index is 0.00000161. The Labute approximate surface area is 229 Å². The third-order valence-corrected chi connectivity index (χ3v) is 7.51. The van der Waals surface area contributed by atoms with Gasteiger partial charge in [-0.15, -0.1) is 0 Å². The summed E-state index contributed by atoms with van der Waals surface area (Å²) in [5, 5.41) is 0. The number of fused-ring (bicyclic) bond motifs is 1. The van der Waals surface area contributed by atoms with Crippen LogP contribution in [-0.4, -0.2) is 23.1 Å². The minimum Gasteiger partial charge on any atom is -0.300 e. The van der Waals surface area contributed by atoms with Crippen LogP contribution in [0.2, 0.25) is 0 Å². The Kier molecular flexibility index (Phi) is 12.3. The van der Waals surface area contributed by atoms with Gasteiger partial charge in [0, 0.05) is 23.5 Å². The van der Waals surface area contributed by atoms with E-state index in [1.807, 2.05) is 44.2 Å². The fourth-order valence-corrected chi connectivity index (χ4v) is 5.89. The van der Waals surface area contributed by atoms with Crippen LogP contribution in [0.25, 0.3) is 11.1 Å². The summed E-state index contributed by atoms with van der Waals surface area (Å²) in [6.07, 6.45) is 5.98. The quantitative estimate of drug-likeness (QED) is 0.221. The molecule has 1 aliphatic carbocycles. The van der Waals surface area contributed by atoms with Crippen molar-refractivity contribution in [3.8, 4) is 11.1 Å². The van der Waals surface area contributed by atoms with Crippen LogP contribution in [0.5, 0.6) is 0 Å². The van der Waals surface area contributed by atoms with Gasteiger partial charge in [0.05, 0.1) is 6.42 Å². The van der Waals surface area contributed by atoms with E-state index in [2.05, 4.69) is 26.8 Å². The van der Waals surface area contributed by atoms with Gasteiger partial charge in [-0.05, 0) is 74.1 Å². The van der Waals surface area contributed by atoms with Gasteiger partial charge in [-0.1, -0.05) is 83.4 Å². The van der Waals surface area contributed by atoms with Gasteiger partial charge >= 0.3 is 0 Å². The molecule has 206 valence electrons. The number of aryl methyl sites for hydroxylation is 1. The summed E-state index contributed by atoms with van der Waals surface area (Å²) in [6, 6.07) is 11.7. The second-order valence-corrected chi connectivity index (χ2v) is 11.0. The second kappa shape index (κ2) is 14.9. The number of hydrogen-bond acceptors (Lipinski definition) is 4. The number of rotatable bonds is 11. The van der Waals surface area contributed by atoms with Crippen LogP contribution in [0, 0.1) is 24.7 Å². The van der Waals surface area contributed by atoms with E-state index < -0.39 is 0 Å². The summed E-state index contributed by atoms with van der Waals surface area (Å²) < 4.78 is 0. The lowest BCUT2D eigenvalue weighted by molar-refractivity contribution is -0.129. The van der Waals surface area contributed by atoms with Crippen LogP contribution in [0.1, 0.15) is 118 Å². The molecule has 38 heavy (non-hydrogen) atoms. The largest absolute Gasteiger partial charge is 0.300 e. The Bertz CT molecular complexity index is 1130. The molecule has 1 aliphatic rings. The summed E-state index contributed by atoms with van der Waals surface area (Å²) in [5.41, 5.74) is 5.65. The maximum atomic E-state index is 13.3. The highest BCUT2D eigenvalue weighted by Gasteiger charge is 2.34. The standard InChI is InChI=1S/C31H38O4.C3H8/c1-6-8-25(26(7-2)29(34)15-20(4)32)16-22-17-28-27(14-9-19(3)31(28)30(35)18-22)24-12-10-23(11-13-24)21(5)33;1-3-2/h9-14,22,25-26H,6-8,15-18H2,1-5H3;3H2,1-2H3. The molecular weight excluding hydrogens is 472 g/mol. The summed E-state index contributed by atoms with van der Waals surface area (Å²) in [4.78, 5) is 49.5. The predicted octanol–water partition coefficient (Wildman–Crippen LogP) is 8.41. The van der Waals surface area contributed by atoms with Crippen LogP contribution >= 0.6 is 0 Å². The van der Waals surface area contributed by atoms with E-state index >= 15 is 0 Å². The van der Waals surface area contributed by atoms with Crippen molar-refractivity contribution in [3.05, 3.63) is 58.7 Å². The van der Waals surface area contributed by atoms with Crippen molar-refractivity contribution in [2.75, 3.05) is 0 Å². The van der Waals surface area contributed by atoms with E-state index in [0.717, 1.165) is 59.9 Å². The third-order valence-electron chi connectivity index (χ3n) is 7.51. The smallest absolute Gasteiger partial charge is 0.163 e. The van der Waals surface area contributed by atoms with Crippen molar-refractivity contribution < 1.29 is 19.2 Å². The molecule has 0 aliphatic heterocycles. The minimum absolute atomic E-state index is 0.00471. The number of benzene rings is 2. The lowest BCUT2D eigenvalue weighted by atomic mass is 9.71. The highest BCUT2D eigenvalue weighted by molar-refractivity contribution is 6.02. The molecule has 2 aromatic rings. The number of carbonyl (C=O) groups is 4. The van der Waals surface area contributed by atoms with Crippen molar-refractivity contribution in [2.24, 2.45) is 17.8 Å². The summed E-state index contributed by atoms with van der Waals surface area (Å²) >= 11 is 0. The molecule has 3 unspecified atom stereocenters. The molecule has 4 nitrogen and oxygen atoms in total. The molecule has 0 fully saturated rings. The first-order chi connectivity index (χ1) is 18.1. The van der Waals surface area contributed by atoms with Crippen LogP contribution in [0.4, 0.5) is 0 Å². The molecule has 0 radical (unpaired) electrons. The molecule has 3 rings (SSSR count). The molecule has 0 amide bonds. The first kappa shape index (κ1) is 31.3. The van der Waals surface area contributed by atoms with Crippen molar-refractivity contribution in [2.45, 2.75) is 99.8 Å². The van der Waals surface area contributed by atoms with Crippen molar-refractivity contribution in [1.82, 2.24) is 0 Å². The van der Waals surface area contributed by atoms with Gasteiger partial charge in [0.2, 0.25) is 0 Å². The van der Waals surface area contributed by atoms with E-state index in [-0.39, 0.29) is 47.3 Å². The average Bonchev–Trinajstić information content (AvgIpc) is 2.84. The van der Waals surface area contributed by atoms with Crippen molar-refractivity contribution >= 4 is 23.1 Å². The Morgan fingerprint density at radius 2 is 1.55 bits per heavy atom. The van der Waals surface area contributed by atoms with E-state index in [4.69, 9.17) is 0 Å². The zero-order chi connectivity index (χ0) is 28.4. The average molecular weight is 519 g/mol. The molecule has 0 aromatic heterocycles. The number of hydrogen-bond donors (Lipinski definition) is 0. The first-order valence-corrected chi connectivity index (χ1v) is 14.4. The van der Waals surface area contributed by atoms with Gasteiger partial charge in [-0.2, -0.15) is 0 Å². The van der Waals surface area contributed by atoms with Crippen molar-refractivity contribution in [1.29, 1.82) is 0 Å². The zero-order valence-electron chi connectivity index (χ0n) is 24.5. The van der Waals surface area contributed by atoms with E-state index in [9.17, 15) is 19.2 Å². The molecule has 0 N–H and O–H groups in total. The van der Waals surface area contributed by atoms with Crippen LogP contribution < -0.4 is 0 Å².